The molecule has 0 aliphatic carbocycles. The second kappa shape index (κ2) is 9.55. The van der Waals surface area contributed by atoms with Gasteiger partial charge in [0, 0.05) is 27.7 Å². The van der Waals surface area contributed by atoms with Crippen LogP contribution in [0.2, 0.25) is 5.02 Å². The van der Waals surface area contributed by atoms with E-state index in [1.54, 1.807) is 24.4 Å². The second-order valence-electron chi connectivity index (χ2n) is 7.49. The number of hydrogen-bond donors (Lipinski definition) is 2. The van der Waals surface area contributed by atoms with Crippen molar-refractivity contribution in [1.82, 2.24) is 9.97 Å². The number of benzene rings is 3. The van der Waals surface area contributed by atoms with E-state index in [0.717, 1.165) is 21.0 Å². The lowest BCUT2D eigenvalue weighted by Gasteiger charge is -2.09. The molecule has 3 aromatic carbocycles. The Bertz CT molecular complexity index is 1500. The number of ketones is 1. The molecule has 0 saturated carbocycles. The van der Waals surface area contributed by atoms with Crippen molar-refractivity contribution in [2.45, 2.75) is 9.92 Å². The standard InChI is InChI=1S/C27H18ClN3O2S/c28-20-16-18(13-14-22(20)34-23-12-6-7-15-29-23)30-27(33)26(32)24-19-10-4-5-11-21(19)31-25(24)17-8-2-1-3-9-17/h1-16,31H,(H,30,33). The van der Waals surface area contributed by atoms with Gasteiger partial charge in [-0.3, -0.25) is 9.59 Å². The average Bonchev–Trinajstić information content (AvgIpc) is 3.26. The molecular formula is C27H18ClN3O2S. The molecule has 5 rings (SSSR count). The summed E-state index contributed by atoms with van der Waals surface area (Å²) >= 11 is 7.86. The number of carbonyl (C=O) groups excluding carboxylic acids is 2. The minimum absolute atomic E-state index is 0.340. The van der Waals surface area contributed by atoms with Crippen LogP contribution in [0.5, 0.6) is 0 Å². The third-order valence-corrected chi connectivity index (χ3v) is 6.70. The fraction of sp³-hybridized carbons (Fsp3) is 0. The molecule has 0 unspecified atom stereocenters. The number of nitrogens with one attached hydrogen (secondary N) is 2. The Kier molecular flexibility index (Phi) is 6.16. The van der Waals surface area contributed by atoms with Gasteiger partial charge in [0.15, 0.2) is 0 Å². The Morgan fingerprint density at radius 3 is 2.41 bits per heavy atom. The molecule has 34 heavy (non-hydrogen) atoms. The molecule has 0 aliphatic heterocycles. The number of Topliss-reactive ketones (excluding diaryl/α,β-unsaturated/α-hetero) is 1. The highest BCUT2D eigenvalue weighted by atomic mass is 35.5. The smallest absolute Gasteiger partial charge is 0.296 e. The van der Waals surface area contributed by atoms with Crippen molar-refractivity contribution in [3.05, 3.63) is 108 Å². The molecule has 7 heteroatoms. The summed E-state index contributed by atoms with van der Waals surface area (Å²) in [5.74, 6) is -1.36. The van der Waals surface area contributed by atoms with Gasteiger partial charge in [-0.2, -0.15) is 0 Å². The van der Waals surface area contributed by atoms with Crippen molar-refractivity contribution in [1.29, 1.82) is 0 Å². The summed E-state index contributed by atoms with van der Waals surface area (Å²) in [7, 11) is 0. The fourth-order valence-electron chi connectivity index (χ4n) is 3.68. The normalized spacial score (nSPS) is 10.9. The highest BCUT2D eigenvalue weighted by Crippen LogP contribution is 2.34. The molecule has 1 amide bonds. The molecule has 2 N–H and O–H groups in total. The van der Waals surface area contributed by atoms with Gasteiger partial charge in [0.1, 0.15) is 5.03 Å². The van der Waals surface area contributed by atoms with E-state index in [-0.39, 0.29) is 0 Å². The largest absolute Gasteiger partial charge is 0.354 e. The first kappa shape index (κ1) is 21.9. The van der Waals surface area contributed by atoms with Crippen molar-refractivity contribution in [2.24, 2.45) is 0 Å². The van der Waals surface area contributed by atoms with Crippen LogP contribution in [0.25, 0.3) is 22.2 Å². The van der Waals surface area contributed by atoms with E-state index in [1.165, 1.54) is 11.8 Å². The van der Waals surface area contributed by atoms with Crippen LogP contribution < -0.4 is 5.32 Å². The van der Waals surface area contributed by atoms with Gasteiger partial charge in [0.05, 0.1) is 16.3 Å². The van der Waals surface area contributed by atoms with E-state index in [4.69, 9.17) is 11.6 Å². The van der Waals surface area contributed by atoms with Crippen LogP contribution in [-0.2, 0) is 4.79 Å². The molecule has 5 nitrogen and oxygen atoms in total. The number of nitrogens with zero attached hydrogens (tertiary/aromatic N) is 1. The minimum atomic E-state index is -0.733. The lowest BCUT2D eigenvalue weighted by molar-refractivity contribution is -0.112. The van der Waals surface area contributed by atoms with Crippen molar-refractivity contribution in [3.8, 4) is 11.3 Å². The summed E-state index contributed by atoms with van der Waals surface area (Å²) < 4.78 is 0. The maximum atomic E-state index is 13.3. The SMILES string of the molecule is O=C(Nc1ccc(Sc2ccccn2)c(Cl)c1)C(=O)c1c(-c2ccccc2)[nH]c2ccccc12. The molecule has 0 aliphatic rings. The molecule has 0 spiro atoms. The van der Waals surface area contributed by atoms with Crippen molar-refractivity contribution >= 4 is 51.6 Å². The van der Waals surface area contributed by atoms with E-state index in [1.807, 2.05) is 72.8 Å². The molecule has 166 valence electrons. The maximum absolute atomic E-state index is 13.3. The first-order valence-corrected chi connectivity index (χ1v) is 11.7. The predicted molar refractivity (Wildman–Crippen MR) is 137 cm³/mol. The molecule has 0 radical (unpaired) electrons. The summed E-state index contributed by atoms with van der Waals surface area (Å²) in [6, 6.07) is 27.7. The van der Waals surface area contributed by atoms with Crippen LogP contribution in [0.4, 0.5) is 5.69 Å². The minimum Gasteiger partial charge on any atom is -0.354 e. The molecule has 0 saturated heterocycles. The monoisotopic (exact) mass is 483 g/mol. The van der Waals surface area contributed by atoms with Gasteiger partial charge in [-0.05, 0) is 42.0 Å². The molecule has 0 fully saturated rings. The lowest BCUT2D eigenvalue weighted by atomic mass is 10.0. The number of anilines is 1. The van der Waals surface area contributed by atoms with E-state index >= 15 is 0 Å². The van der Waals surface area contributed by atoms with Gasteiger partial charge in [-0.15, -0.1) is 0 Å². The topological polar surface area (TPSA) is 74.8 Å². The van der Waals surface area contributed by atoms with Crippen molar-refractivity contribution < 1.29 is 9.59 Å². The van der Waals surface area contributed by atoms with Gasteiger partial charge in [-0.25, -0.2) is 4.98 Å². The molecule has 2 heterocycles. The maximum Gasteiger partial charge on any atom is 0.296 e. The Labute approximate surface area is 205 Å². The molecule has 0 bridgehead atoms. The molecule has 0 atom stereocenters. The van der Waals surface area contributed by atoms with E-state index in [2.05, 4.69) is 15.3 Å². The average molecular weight is 484 g/mol. The third kappa shape index (κ3) is 4.46. The van der Waals surface area contributed by atoms with Crippen LogP contribution >= 0.6 is 23.4 Å². The Morgan fingerprint density at radius 1 is 0.882 bits per heavy atom. The number of rotatable bonds is 6. The number of H-pyrrole nitrogens is 1. The first-order chi connectivity index (χ1) is 16.6. The zero-order valence-electron chi connectivity index (χ0n) is 17.8. The number of fused-ring (bicyclic) bond motifs is 1. The van der Waals surface area contributed by atoms with Gasteiger partial charge >= 0.3 is 0 Å². The first-order valence-electron chi connectivity index (χ1n) is 10.5. The molecular weight excluding hydrogens is 466 g/mol. The number of carbonyl (C=O) groups is 2. The van der Waals surface area contributed by atoms with E-state index in [0.29, 0.717) is 27.4 Å². The Balaban J connectivity index is 1.42. The van der Waals surface area contributed by atoms with Crippen LogP contribution in [0.1, 0.15) is 10.4 Å². The van der Waals surface area contributed by atoms with Gasteiger partial charge in [0.2, 0.25) is 0 Å². The molecule has 2 aromatic heterocycles. The van der Waals surface area contributed by atoms with Gasteiger partial charge in [-0.1, -0.05) is 78.0 Å². The summed E-state index contributed by atoms with van der Waals surface area (Å²) in [6.07, 6.45) is 1.71. The van der Waals surface area contributed by atoms with E-state index in [9.17, 15) is 9.59 Å². The van der Waals surface area contributed by atoms with Crippen LogP contribution in [0.15, 0.2) is 107 Å². The number of aromatic amines is 1. The number of pyridine rings is 1. The zero-order chi connectivity index (χ0) is 23.5. The Hall–Kier alpha value is -3.87. The van der Waals surface area contributed by atoms with Gasteiger partial charge in [0.25, 0.3) is 11.7 Å². The van der Waals surface area contributed by atoms with Crippen LogP contribution in [0.3, 0.4) is 0 Å². The third-order valence-electron chi connectivity index (χ3n) is 5.24. The number of para-hydroxylation sites is 1. The van der Waals surface area contributed by atoms with Gasteiger partial charge < -0.3 is 10.3 Å². The predicted octanol–water partition coefficient (Wildman–Crippen LogP) is 6.86. The quantitative estimate of drug-likeness (QED) is 0.204. The number of halogens is 1. The highest BCUT2D eigenvalue weighted by molar-refractivity contribution is 7.99. The van der Waals surface area contributed by atoms with Crippen LogP contribution in [0, 0.1) is 0 Å². The summed E-state index contributed by atoms with van der Waals surface area (Å²) in [6.45, 7) is 0. The van der Waals surface area contributed by atoms with Crippen molar-refractivity contribution in [3.63, 3.8) is 0 Å². The molecule has 5 aromatic rings. The lowest BCUT2D eigenvalue weighted by Crippen LogP contribution is -2.23. The number of aromatic nitrogens is 2. The zero-order valence-corrected chi connectivity index (χ0v) is 19.4. The van der Waals surface area contributed by atoms with Crippen LogP contribution in [-0.4, -0.2) is 21.7 Å². The summed E-state index contributed by atoms with van der Waals surface area (Å²) in [4.78, 5) is 34.7. The Morgan fingerprint density at radius 2 is 1.65 bits per heavy atom. The summed E-state index contributed by atoms with van der Waals surface area (Å²) in [5, 5.41) is 4.66. The summed E-state index contributed by atoms with van der Waals surface area (Å²) in [5.41, 5.74) is 3.01. The fourth-order valence-corrected chi connectivity index (χ4v) is 4.76. The van der Waals surface area contributed by atoms with E-state index < -0.39 is 11.7 Å². The number of amides is 1. The highest BCUT2D eigenvalue weighted by Gasteiger charge is 2.25. The number of hydrogen-bond acceptors (Lipinski definition) is 4. The van der Waals surface area contributed by atoms with Crippen molar-refractivity contribution in [2.75, 3.05) is 5.32 Å². The second-order valence-corrected chi connectivity index (χ2v) is 8.95.